The van der Waals surface area contributed by atoms with Crippen molar-refractivity contribution in [2.75, 3.05) is 5.32 Å². The zero-order valence-electron chi connectivity index (χ0n) is 9.68. The van der Waals surface area contributed by atoms with Crippen LogP contribution in [0.5, 0.6) is 0 Å². The Morgan fingerprint density at radius 2 is 2.21 bits per heavy atom. The number of aryl methyl sites for hydroxylation is 1. The van der Waals surface area contributed by atoms with E-state index in [2.05, 4.69) is 10.3 Å². The van der Waals surface area contributed by atoms with Crippen molar-refractivity contribution in [3.8, 4) is 0 Å². The monoisotopic (exact) mass is 315 g/mol. The summed E-state index contributed by atoms with van der Waals surface area (Å²) in [7, 11) is 0. The van der Waals surface area contributed by atoms with E-state index < -0.39 is 5.91 Å². The molecule has 0 atom stereocenters. The maximum Gasteiger partial charge on any atom is 0.268 e. The van der Waals surface area contributed by atoms with E-state index in [1.807, 2.05) is 6.07 Å². The fraction of sp³-hybridized carbons (Fsp3) is 0.182. The van der Waals surface area contributed by atoms with Crippen molar-refractivity contribution in [3.05, 3.63) is 32.4 Å². The molecular weight excluding hydrogens is 306 g/mol. The number of aromatic nitrogens is 1. The van der Waals surface area contributed by atoms with Crippen LogP contribution in [0.2, 0.25) is 4.34 Å². The van der Waals surface area contributed by atoms with Crippen molar-refractivity contribution in [2.24, 2.45) is 5.73 Å². The third-order valence-corrected chi connectivity index (χ3v) is 4.28. The Bertz CT molecular complexity index is 609. The van der Waals surface area contributed by atoms with Crippen LogP contribution in [-0.4, -0.2) is 16.8 Å². The summed E-state index contributed by atoms with van der Waals surface area (Å²) in [6.45, 7) is 0. The van der Waals surface area contributed by atoms with Crippen LogP contribution in [-0.2, 0) is 11.2 Å². The van der Waals surface area contributed by atoms with Crippen molar-refractivity contribution < 1.29 is 9.59 Å². The number of primary amides is 1. The molecule has 0 spiro atoms. The minimum atomic E-state index is -0.607. The first-order chi connectivity index (χ1) is 9.04. The van der Waals surface area contributed by atoms with Crippen LogP contribution in [0.1, 0.15) is 21.8 Å². The molecule has 0 saturated carbocycles. The molecule has 2 amide bonds. The first-order valence-corrected chi connectivity index (χ1v) is 7.41. The number of halogens is 1. The number of hydrogen-bond donors (Lipinski definition) is 2. The van der Waals surface area contributed by atoms with Crippen LogP contribution in [0, 0.1) is 0 Å². The molecule has 0 bridgehead atoms. The Balaban J connectivity index is 1.85. The van der Waals surface area contributed by atoms with Gasteiger partial charge in [-0.1, -0.05) is 11.6 Å². The maximum atomic E-state index is 11.7. The van der Waals surface area contributed by atoms with Gasteiger partial charge in [-0.2, -0.15) is 0 Å². The van der Waals surface area contributed by atoms with Gasteiger partial charge in [-0.15, -0.1) is 22.7 Å². The van der Waals surface area contributed by atoms with Crippen molar-refractivity contribution in [1.82, 2.24) is 4.98 Å². The molecule has 0 unspecified atom stereocenters. The molecule has 2 aromatic rings. The number of nitrogens with zero attached hydrogens (tertiary/aromatic N) is 1. The second-order valence-corrected chi connectivity index (χ2v) is 6.31. The number of amides is 2. The van der Waals surface area contributed by atoms with Gasteiger partial charge in [-0.3, -0.25) is 9.59 Å². The predicted octanol–water partition coefficient (Wildman–Crippen LogP) is 2.53. The molecule has 0 aromatic carbocycles. The largest absolute Gasteiger partial charge is 0.364 e. The van der Waals surface area contributed by atoms with Crippen LogP contribution in [0.15, 0.2) is 17.5 Å². The molecule has 3 N–H and O–H groups in total. The molecule has 19 heavy (non-hydrogen) atoms. The quantitative estimate of drug-likeness (QED) is 0.889. The topological polar surface area (TPSA) is 85.1 Å². The lowest BCUT2D eigenvalue weighted by Crippen LogP contribution is -2.14. The first kappa shape index (κ1) is 14.0. The number of carbonyl (C=O) groups is 2. The summed E-state index contributed by atoms with van der Waals surface area (Å²) in [6, 6.07) is 3.70. The van der Waals surface area contributed by atoms with Crippen LogP contribution in [0.25, 0.3) is 0 Å². The summed E-state index contributed by atoms with van der Waals surface area (Å²) in [6.07, 6.45) is 0.958. The lowest BCUT2D eigenvalue weighted by atomic mass is 10.2. The number of carbonyl (C=O) groups excluding carboxylic acids is 2. The smallest absolute Gasteiger partial charge is 0.268 e. The zero-order chi connectivity index (χ0) is 13.8. The molecule has 0 aliphatic carbocycles. The summed E-state index contributed by atoms with van der Waals surface area (Å²) < 4.78 is 0.710. The highest BCUT2D eigenvalue weighted by Gasteiger charge is 2.10. The van der Waals surface area contributed by atoms with E-state index >= 15 is 0 Å². The molecular formula is C11H10ClN3O2S2. The van der Waals surface area contributed by atoms with E-state index in [1.54, 1.807) is 6.07 Å². The summed E-state index contributed by atoms with van der Waals surface area (Å²) in [5.74, 6) is -0.764. The lowest BCUT2D eigenvalue weighted by Gasteiger charge is -2.00. The molecule has 2 aromatic heterocycles. The molecule has 0 aliphatic rings. The first-order valence-electron chi connectivity index (χ1n) is 5.34. The van der Waals surface area contributed by atoms with E-state index in [0.29, 0.717) is 22.3 Å². The number of thiophene rings is 1. The SMILES string of the molecule is NC(=O)c1csc(NC(=O)CCc2ccc(Cl)s2)n1. The van der Waals surface area contributed by atoms with E-state index in [0.717, 1.165) is 4.88 Å². The van der Waals surface area contributed by atoms with Gasteiger partial charge < -0.3 is 11.1 Å². The number of thiazole rings is 1. The molecule has 2 heterocycles. The van der Waals surface area contributed by atoms with Crippen LogP contribution in [0.4, 0.5) is 5.13 Å². The van der Waals surface area contributed by atoms with E-state index in [-0.39, 0.29) is 11.6 Å². The summed E-state index contributed by atoms with van der Waals surface area (Å²) in [5, 5.41) is 4.52. The Labute approximate surface area is 122 Å². The number of hydrogen-bond acceptors (Lipinski definition) is 5. The third kappa shape index (κ3) is 4.02. The van der Waals surface area contributed by atoms with Gasteiger partial charge >= 0.3 is 0 Å². The van der Waals surface area contributed by atoms with Crippen molar-refractivity contribution in [3.63, 3.8) is 0 Å². The van der Waals surface area contributed by atoms with Crippen LogP contribution < -0.4 is 11.1 Å². The van der Waals surface area contributed by atoms with Crippen molar-refractivity contribution in [1.29, 1.82) is 0 Å². The maximum absolute atomic E-state index is 11.7. The molecule has 0 radical (unpaired) electrons. The second kappa shape index (κ2) is 6.14. The van der Waals surface area contributed by atoms with Gasteiger partial charge in [0.25, 0.3) is 5.91 Å². The standard InChI is InChI=1S/C11H10ClN3O2S2/c12-8-3-1-6(19-8)2-4-9(16)15-11-14-7(5-18-11)10(13)17/h1,3,5H,2,4H2,(H2,13,17)(H,14,15,16). The highest BCUT2D eigenvalue weighted by molar-refractivity contribution is 7.16. The van der Waals surface area contributed by atoms with Crippen LogP contribution in [0.3, 0.4) is 0 Å². The molecule has 0 aliphatic heterocycles. The summed E-state index contributed by atoms with van der Waals surface area (Å²) in [4.78, 5) is 27.5. The Kier molecular flexibility index (Phi) is 4.52. The van der Waals surface area contributed by atoms with Gasteiger partial charge in [0.2, 0.25) is 5.91 Å². The Hall–Kier alpha value is -1.44. The molecule has 2 rings (SSSR count). The van der Waals surface area contributed by atoms with E-state index in [4.69, 9.17) is 17.3 Å². The number of nitrogens with two attached hydrogens (primary N) is 1. The summed E-state index contributed by atoms with van der Waals surface area (Å²) in [5.41, 5.74) is 5.23. The van der Waals surface area contributed by atoms with Gasteiger partial charge in [-0.05, 0) is 18.6 Å². The summed E-state index contributed by atoms with van der Waals surface area (Å²) >= 11 is 8.43. The minimum absolute atomic E-state index is 0.158. The Morgan fingerprint density at radius 1 is 1.42 bits per heavy atom. The van der Waals surface area contributed by atoms with Gasteiger partial charge in [0.05, 0.1) is 4.34 Å². The zero-order valence-corrected chi connectivity index (χ0v) is 12.1. The van der Waals surface area contributed by atoms with E-state index in [9.17, 15) is 9.59 Å². The highest BCUT2D eigenvalue weighted by atomic mass is 35.5. The molecule has 100 valence electrons. The van der Waals surface area contributed by atoms with Crippen molar-refractivity contribution in [2.45, 2.75) is 12.8 Å². The number of anilines is 1. The van der Waals surface area contributed by atoms with E-state index in [1.165, 1.54) is 28.1 Å². The van der Waals surface area contributed by atoms with Crippen molar-refractivity contribution >= 4 is 51.2 Å². The average Bonchev–Trinajstić information content (AvgIpc) is 2.96. The molecule has 0 fully saturated rings. The van der Waals surface area contributed by atoms with Gasteiger partial charge in [0, 0.05) is 16.7 Å². The molecule has 5 nitrogen and oxygen atoms in total. The highest BCUT2D eigenvalue weighted by Crippen LogP contribution is 2.22. The average molecular weight is 316 g/mol. The molecule has 8 heteroatoms. The minimum Gasteiger partial charge on any atom is -0.364 e. The fourth-order valence-corrected chi connectivity index (χ4v) is 3.15. The normalized spacial score (nSPS) is 10.4. The molecule has 0 saturated heterocycles. The fourth-order valence-electron chi connectivity index (χ4n) is 1.35. The van der Waals surface area contributed by atoms with Gasteiger partial charge in [-0.25, -0.2) is 4.98 Å². The predicted molar refractivity (Wildman–Crippen MR) is 76.9 cm³/mol. The van der Waals surface area contributed by atoms with Crippen LogP contribution >= 0.6 is 34.3 Å². The third-order valence-electron chi connectivity index (χ3n) is 2.23. The Morgan fingerprint density at radius 3 is 2.79 bits per heavy atom. The second-order valence-electron chi connectivity index (χ2n) is 3.66. The number of rotatable bonds is 5. The number of nitrogens with one attached hydrogen (secondary N) is 1. The van der Waals surface area contributed by atoms with Gasteiger partial charge in [0.1, 0.15) is 5.69 Å². The lowest BCUT2D eigenvalue weighted by molar-refractivity contribution is -0.116. The van der Waals surface area contributed by atoms with Gasteiger partial charge in [0.15, 0.2) is 5.13 Å².